The number of carbonyl (C=O) groups excluding carboxylic acids is 1. The summed E-state index contributed by atoms with van der Waals surface area (Å²) in [6.07, 6.45) is -0.0590. The van der Waals surface area contributed by atoms with Gasteiger partial charge in [0, 0.05) is 12.4 Å². The summed E-state index contributed by atoms with van der Waals surface area (Å²) in [4.78, 5) is 10.7. The molecule has 0 aromatic carbocycles. The van der Waals surface area contributed by atoms with Crippen LogP contribution >= 0.6 is 11.8 Å². The van der Waals surface area contributed by atoms with Crippen LogP contribution < -0.4 is 5.32 Å². The Morgan fingerprint density at radius 1 is 1.90 bits per heavy atom. The molecular formula is C6H11NO2S. The molecule has 1 heterocycles. The number of thioether (sulfide) groups is 1. The van der Waals surface area contributed by atoms with E-state index in [1.807, 2.05) is 6.92 Å². The van der Waals surface area contributed by atoms with Gasteiger partial charge in [0.2, 0.25) is 5.91 Å². The fourth-order valence-corrected chi connectivity index (χ4v) is 1.59. The van der Waals surface area contributed by atoms with Gasteiger partial charge in [0.05, 0.1) is 5.75 Å². The molecule has 1 N–H and O–H groups in total. The number of carbonyl (C=O) groups is 1. The van der Waals surface area contributed by atoms with E-state index in [0.717, 1.165) is 5.75 Å². The van der Waals surface area contributed by atoms with Crippen molar-refractivity contribution in [2.75, 3.05) is 18.1 Å². The van der Waals surface area contributed by atoms with Crippen LogP contribution in [0, 0.1) is 0 Å². The lowest BCUT2D eigenvalue weighted by Gasteiger charge is -2.22. The van der Waals surface area contributed by atoms with Gasteiger partial charge in [0.25, 0.3) is 0 Å². The van der Waals surface area contributed by atoms with E-state index in [4.69, 9.17) is 4.74 Å². The van der Waals surface area contributed by atoms with E-state index >= 15 is 0 Å². The molecule has 4 heteroatoms. The molecule has 0 aliphatic carbocycles. The number of hydrogen-bond acceptors (Lipinski definition) is 3. The van der Waals surface area contributed by atoms with Crippen molar-refractivity contribution in [3.8, 4) is 0 Å². The van der Waals surface area contributed by atoms with Crippen LogP contribution in [0.1, 0.15) is 6.92 Å². The van der Waals surface area contributed by atoms with Gasteiger partial charge in [0.1, 0.15) is 6.23 Å². The monoisotopic (exact) mass is 161 g/mol. The standard InChI is InChI=1S/C6H11NO2S/c1-2-9-6-4-10-3-5(8)7-6/h6H,2-4H2,1H3,(H,7,8). The van der Waals surface area contributed by atoms with E-state index < -0.39 is 0 Å². The number of nitrogens with one attached hydrogen (secondary N) is 1. The molecule has 3 nitrogen and oxygen atoms in total. The molecule has 1 rings (SSSR count). The molecule has 1 saturated heterocycles. The molecule has 1 aliphatic rings. The molecule has 58 valence electrons. The Morgan fingerprint density at radius 3 is 3.30 bits per heavy atom. The number of hydrogen-bond donors (Lipinski definition) is 1. The molecule has 10 heavy (non-hydrogen) atoms. The Morgan fingerprint density at radius 2 is 2.70 bits per heavy atom. The van der Waals surface area contributed by atoms with Gasteiger partial charge in [-0.25, -0.2) is 0 Å². The maximum absolute atomic E-state index is 10.7. The van der Waals surface area contributed by atoms with Gasteiger partial charge in [-0.3, -0.25) is 4.79 Å². The van der Waals surface area contributed by atoms with E-state index in [1.165, 1.54) is 0 Å². The van der Waals surface area contributed by atoms with Crippen LogP contribution in [0.4, 0.5) is 0 Å². The topological polar surface area (TPSA) is 38.3 Å². The van der Waals surface area contributed by atoms with Crippen molar-refractivity contribution in [2.24, 2.45) is 0 Å². The van der Waals surface area contributed by atoms with Crippen molar-refractivity contribution in [1.82, 2.24) is 5.32 Å². The smallest absolute Gasteiger partial charge is 0.232 e. The molecule has 0 aromatic heterocycles. The molecule has 1 unspecified atom stereocenters. The Hall–Kier alpha value is -0.220. The molecule has 0 saturated carbocycles. The summed E-state index contributed by atoms with van der Waals surface area (Å²) in [6.45, 7) is 2.58. The van der Waals surface area contributed by atoms with Crippen LogP contribution in [0.5, 0.6) is 0 Å². The highest BCUT2D eigenvalue weighted by Crippen LogP contribution is 2.08. The van der Waals surface area contributed by atoms with Gasteiger partial charge in [0.15, 0.2) is 0 Å². The minimum atomic E-state index is -0.0590. The molecule has 1 amide bonds. The van der Waals surface area contributed by atoms with Crippen LogP contribution in [-0.2, 0) is 9.53 Å². The Balaban J connectivity index is 2.25. The molecule has 1 fully saturated rings. The third-order valence-corrected chi connectivity index (χ3v) is 2.20. The lowest BCUT2D eigenvalue weighted by atomic mass is 10.5. The summed E-state index contributed by atoms with van der Waals surface area (Å²) < 4.78 is 5.20. The Labute approximate surface area is 64.5 Å². The first-order chi connectivity index (χ1) is 4.83. The second-order valence-corrected chi connectivity index (χ2v) is 3.06. The van der Waals surface area contributed by atoms with Crippen molar-refractivity contribution < 1.29 is 9.53 Å². The highest BCUT2D eigenvalue weighted by atomic mass is 32.2. The van der Waals surface area contributed by atoms with Gasteiger partial charge in [-0.1, -0.05) is 0 Å². The molecule has 0 radical (unpaired) electrons. The maximum atomic E-state index is 10.7. The Bertz CT molecular complexity index is 127. The molecule has 0 aromatic rings. The number of rotatable bonds is 2. The van der Waals surface area contributed by atoms with Gasteiger partial charge >= 0.3 is 0 Å². The SMILES string of the molecule is CCOC1CSCC(=O)N1. The highest BCUT2D eigenvalue weighted by Gasteiger charge is 2.17. The third kappa shape index (κ3) is 2.19. The number of ether oxygens (including phenoxy) is 1. The van der Waals surface area contributed by atoms with Crippen molar-refractivity contribution in [3.63, 3.8) is 0 Å². The van der Waals surface area contributed by atoms with Crippen LogP contribution in [0.15, 0.2) is 0 Å². The molecule has 0 spiro atoms. The summed E-state index contributed by atoms with van der Waals surface area (Å²) in [5.74, 6) is 1.53. The Kier molecular flexibility index (Phi) is 3.02. The first-order valence-electron chi connectivity index (χ1n) is 3.31. The van der Waals surface area contributed by atoms with Crippen LogP contribution in [0.3, 0.4) is 0 Å². The van der Waals surface area contributed by atoms with E-state index in [1.54, 1.807) is 11.8 Å². The fraction of sp³-hybridized carbons (Fsp3) is 0.833. The van der Waals surface area contributed by atoms with Crippen molar-refractivity contribution in [1.29, 1.82) is 0 Å². The lowest BCUT2D eigenvalue weighted by Crippen LogP contribution is -2.43. The molecule has 0 bridgehead atoms. The lowest BCUT2D eigenvalue weighted by molar-refractivity contribution is -0.122. The van der Waals surface area contributed by atoms with Crippen LogP contribution in [0.2, 0.25) is 0 Å². The van der Waals surface area contributed by atoms with Gasteiger partial charge in [-0.05, 0) is 6.92 Å². The first-order valence-corrected chi connectivity index (χ1v) is 4.47. The number of amides is 1. The highest BCUT2D eigenvalue weighted by molar-refractivity contribution is 8.00. The minimum Gasteiger partial charge on any atom is -0.358 e. The van der Waals surface area contributed by atoms with Crippen molar-refractivity contribution in [2.45, 2.75) is 13.2 Å². The van der Waals surface area contributed by atoms with Crippen molar-refractivity contribution >= 4 is 17.7 Å². The summed E-state index contributed by atoms with van der Waals surface area (Å²) in [7, 11) is 0. The van der Waals surface area contributed by atoms with Gasteiger partial charge < -0.3 is 10.1 Å². The summed E-state index contributed by atoms with van der Waals surface area (Å²) in [5.41, 5.74) is 0. The fourth-order valence-electron chi connectivity index (χ4n) is 0.813. The van der Waals surface area contributed by atoms with Crippen LogP contribution in [0.25, 0.3) is 0 Å². The molecule has 1 aliphatic heterocycles. The van der Waals surface area contributed by atoms with Gasteiger partial charge in [-0.15, -0.1) is 11.8 Å². The largest absolute Gasteiger partial charge is 0.358 e. The normalized spacial score (nSPS) is 26.1. The van der Waals surface area contributed by atoms with E-state index in [0.29, 0.717) is 12.4 Å². The quantitative estimate of drug-likeness (QED) is 0.629. The molecule has 1 atom stereocenters. The second-order valence-electron chi connectivity index (χ2n) is 2.03. The van der Waals surface area contributed by atoms with E-state index in [-0.39, 0.29) is 12.1 Å². The molecular weight excluding hydrogens is 150 g/mol. The minimum absolute atomic E-state index is 0.0590. The predicted octanol–water partition coefficient (Wildman–Crippen LogP) is 0.212. The summed E-state index contributed by atoms with van der Waals surface area (Å²) >= 11 is 1.61. The van der Waals surface area contributed by atoms with Crippen LogP contribution in [-0.4, -0.2) is 30.2 Å². The zero-order valence-electron chi connectivity index (χ0n) is 5.92. The first kappa shape index (κ1) is 7.88. The zero-order valence-corrected chi connectivity index (χ0v) is 6.74. The summed E-state index contributed by atoms with van der Waals surface area (Å²) in [5, 5.41) is 2.74. The van der Waals surface area contributed by atoms with Crippen molar-refractivity contribution in [3.05, 3.63) is 0 Å². The van der Waals surface area contributed by atoms with E-state index in [2.05, 4.69) is 5.32 Å². The summed E-state index contributed by atoms with van der Waals surface area (Å²) in [6, 6.07) is 0. The third-order valence-electron chi connectivity index (χ3n) is 1.19. The zero-order chi connectivity index (χ0) is 7.40. The van der Waals surface area contributed by atoms with Gasteiger partial charge in [-0.2, -0.15) is 0 Å². The average Bonchev–Trinajstić information content (AvgIpc) is 1.88. The predicted molar refractivity (Wildman–Crippen MR) is 40.9 cm³/mol. The second kappa shape index (κ2) is 3.83. The average molecular weight is 161 g/mol. The maximum Gasteiger partial charge on any atom is 0.232 e. The van der Waals surface area contributed by atoms with E-state index in [9.17, 15) is 4.79 Å².